The van der Waals surface area contributed by atoms with E-state index in [4.69, 9.17) is 0 Å². The van der Waals surface area contributed by atoms with Gasteiger partial charge in [0, 0.05) is 13.5 Å². The second-order valence-electron chi connectivity index (χ2n) is 2.80. The van der Waals surface area contributed by atoms with Gasteiger partial charge in [0.05, 0.1) is 0 Å². The predicted octanol–water partition coefficient (Wildman–Crippen LogP) is 1.74. The van der Waals surface area contributed by atoms with Gasteiger partial charge in [-0.05, 0) is 17.7 Å². The molecule has 81 valence electrons. The number of halogens is 2. The first-order chi connectivity index (χ1) is 7.08. The minimum Gasteiger partial charge on any atom is -0.435 e. The number of nitrogens with one attached hydrogen (secondary N) is 1. The molecule has 0 saturated carbocycles. The van der Waals surface area contributed by atoms with E-state index in [1.54, 1.807) is 12.1 Å². The van der Waals surface area contributed by atoms with Gasteiger partial charge in [0.25, 0.3) is 0 Å². The molecule has 3 nitrogen and oxygen atoms in total. The second-order valence-corrected chi connectivity index (χ2v) is 2.80. The molecule has 0 aliphatic carbocycles. The van der Waals surface area contributed by atoms with Gasteiger partial charge in [0.1, 0.15) is 5.75 Å². The van der Waals surface area contributed by atoms with Gasteiger partial charge < -0.3 is 10.1 Å². The Hall–Kier alpha value is -1.65. The van der Waals surface area contributed by atoms with Crippen molar-refractivity contribution in [3.05, 3.63) is 36.8 Å². The van der Waals surface area contributed by atoms with Gasteiger partial charge in [-0.1, -0.05) is 12.1 Å². The second kappa shape index (κ2) is 5.29. The molecule has 0 heterocycles. The zero-order chi connectivity index (χ0) is 11.3. The van der Waals surface area contributed by atoms with Crippen LogP contribution in [0.2, 0.25) is 0 Å². The van der Waals surface area contributed by atoms with E-state index in [0.717, 1.165) is 0 Å². The van der Waals surface area contributed by atoms with Crippen LogP contribution in [0.15, 0.2) is 24.3 Å². The van der Waals surface area contributed by atoms with Gasteiger partial charge in [-0.3, -0.25) is 4.79 Å². The van der Waals surface area contributed by atoms with E-state index in [9.17, 15) is 13.6 Å². The van der Waals surface area contributed by atoms with Gasteiger partial charge in [0.15, 0.2) is 0 Å². The van der Waals surface area contributed by atoms with Crippen molar-refractivity contribution < 1.29 is 18.3 Å². The molecular weight excluding hydrogens is 204 g/mol. The molecule has 5 heteroatoms. The molecule has 0 unspecified atom stereocenters. The number of rotatable bonds is 4. The maximum atomic E-state index is 11.9. The summed E-state index contributed by atoms with van der Waals surface area (Å²) in [6.07, 6.45) is 0. The van der Waals surface area contributed by atoms with Gasteiger partial charge in [-0.15, -0.1) is 0 Å². The summed E-state index contributed by atoms with van der Waals surface area (Å²) in [7, 11) is 0. The number of alkyl halides is 2. The molecule has 0 aliphatic rings. The first-order valence-corrected chi connectivity index (χ1v) is 4.21. The molecule has 1 aromatic rings. The van der Waals surface area contributed by atoms with E-state index >= 15 is 0 Å². The molecule has 0 fully saturated rings. The lowest BCUT2D eigenvalue weighted by Crippen LogP contribution is -2.19. The standard InChI is InChI=1S/C10H10F2NO2/c1-7(14)13-6-8-3-2-4-9(5-8)15-10(11)12/h2-5,10H,1,6H2,(H,13,14). The number of carbonyl (C=O) groups is 1. The number of benzene rings is 1. The van der Waals surface area contributed by atoms with Crippen LogP contribution in [0.3, 0.4) is 0 Å². The molecule has 1 aromatic carbocycles. The maximum absolute atomic E-state index is 11.9. The third-order valence-electron chi connectivity index (χ3n) is 1.61. The average molecular weight is 214 g/mol. The van der Waals surface area contributed by atoms with Gasteiger partial charge in [0.2, 0.25) is 5.91 Å². The van der Waals surface area contributed by atoms with Crippen LogP contribution in [0, 0.1) is 6.92 Å². The quantitative estimate of drug-likeness (QED) is 0.829. The largest absolute Gasteiger partial charge is 0.435 e. The van der Waals surface area contributed by atoms with E-state index in [2.05, 4.69) is 17.0 Å². The Labute approximate surface area is 86.0 Å². The summed E-state index contributed by atoms with van der Waals surface area (Å²) in [5, 5.41) is 2.45. The van der Waals surface area contributed by atoms with Gasteiger partial charge in [-0.25, -0.2) is 0 Å². The number of ether oxygens (including phenoxy) is 1. The van der Waals surface area contributed by atoms with Crippen LogP contribution in [0.5, 0.6) is 5.75 Å². The fourth-order valence-corrected chi connectivity index (χ4v) is 1.03. The minimum atomic E-state index is -2.84. The highest BCUT2D eigenvalue weighted by molar-refractivity contribution is 5.79. The smallest absolute Gasteiger partial charge is 0.387 e. The molecule has 15 heavy (non-hydrogen) atoms. The molecule has 0 saturated heterocycles. The fourth-order valence-electron chi connectivity index (χ4n) is 1.03. The Kier molecular flexibility index (Phi) is 4.03. The topological polar surface area (TPSA) is 38.3 Å². The molecular formula is C10H10F2NO2. The minimum absolute atomic E-state index is 0.0702. The van der Waals surface area contributed by atoms with Crippen LogP contribution in [-0.4, -0.2) is 12.5 Å². The molecule has 0 aromatic heterocycles. The normalized spacial score (nSPS) is 10.1. The first-order valence-electron chi connectivity index (χ1n) is 4.21. The number of hydrogen-bond acceptors (Lipinski definition) is 2. The maximum Gasteiger partial charge on any atom is 0.387 e. The zero-order valence-corrected chi connectivity index (χ0v) is 7.87. The Balaban J connectivity index is 2.61. The van der Waals surface area contributed by atoms with Crippen molar-refractivity contribution in [3.8, 4) is 5.75 Å². The van der Waals surface area contributed by atoms with Crippen molar-refractivity contribution in [2.75, 3.05) is 0 Å². The number of hydrogen-bond donors (Lipinski definition) is 1. The van der Waals surface area contributed by atoms with Crippen LogP contribution in [-0.2, 0) is 11.3 Å². The Morgan fingerprint density at radius 3 is 2.87 bits per heavy atom. The van der Waals surface area contributed by atoms with E-state index in [1.807, 2.05) is 0 Å². The average Bonchev–Trinajstić information content (AvgIpc) is 2.14. The van der Waals surface area contributed by atoms with Crippen LogP contribution >= 0.6 is 0 Å². The molecule has 1 amide bonds. The molecule has 0 aliphatic heterocycles. The monoisotopic (exact) mass is 214 g/mol. The predicted molar refractivity (Wildman–Crippen MR) is 50.3 cm³/mol. The molecule has 1 radical (unpaired) electrons. The van der Waals surface area contributed by atoms with Crippen molar-refractivity contribution in [1.82, 2.24) is 5.32 Å². The Bertz CT molecular complexity index is 342. The van der Waals surface area contributed by atoms with Crippen LogP contribution in [0.25, 0.3) is 0 Å². The van der Waals surface area contributed by atoms with Crippen LogP contribution in [0.4, 0.5) is 8.78 Å². The van der Waals surface area contributed by atoms with Crippen molar-refractivity contribution >= 4 is 5.91 Å². The molecule has 0 spiro atoms. The summed E-state index contributed by atoms with van der Waals surface area (Å²) in [5.41, 5.74) is 0.671. The van der Waals surface area contributed by atoms with E-state index in [0.29, 0.717) is 5.56 Å². The van der Waals surface area contributed by atoms with Gasteiger partial charge in [-0.2, -0.15) is 8.78 Å². The third kappa shape index (κ3) is 4.39. The van der Waals surface area contributed by atoms with E-state index < -0.39 is 12.5 Å². The van der Waals surface area contributed by atoms with Crippen LogP contribution in [0.1, 0.15) is 5.56 Å². The number of carbonyl (C=O) groups excluding carboxylic acids is 1. The lowest BCUT2D eigenvalue weighted by molar-refractivity contribution is -0.116. The Morgan fingerprint density at radius 1 is 1.53 bits per heavy atom. The summed E-state index contributed by atoms with van der Waals surface area (Å²) < 4.78 is 27.9. The highest BCUT2D eigenvalue weighted by atomic mass is 19.3. The van der Waals surface area contributed by atoms with Gasteiger partial charge >= 0.3 is 6.61 Å². The highest BCUT2D eigenvalue weighted by Crippen LogP contribution is 2.15. The summed E-state index contributed by atoms with van der Waals surface area (Å²) >= 11 is 0. The van der Waals surface area contributed by atoms with Crippen LogP contribution < -0.4 is 10.1 Å². The van der Waals surface area contributed by atoms with E-state index in [1.165, 1.54) is 12.1 Å². The summed E-state index contributed by atoms with van der Waals surface area (Å²) in [5.74, 6) is -0.351. The fraction of sp³-hybridized carbons (Fsp3) is 0.200. The van der Waals surface area contributed by atoms with Crippen molar-refractivity contribution in [3.63, 3.8) is 0 Å². The summed E-state index contributed by atoms with van der Waals surface area (Å²) in [6.45, 7) is 0.517. The van der Waals surface area contributed by atoms with Crippen molar-refractivity contribution in [2.24, 2.45) is 0 Å². The zero-order valence-electron chi connectivity index (χ0n) is 7.87. The first kappa shape index (κ1) is 11.4. The summed E-state index contributed by atoms with van der Waals surface area (Å²) in [4.78, 5) is 10.5. The molecule has 0 bridgehead atoms. The SMILES string of the molecule is [CH2]C(=O)NCc1cccc(OC(F)F)c1. The van der Waals surface area contributed by atoms with Crippen molar-refractivity contribution in [1.29, 1.82) is 0 Å². The van der Waals surface area contributed by atoms with Crippen molar-refractivity contribution in [2.45, 2.75) is 13.2 Å². The lowest BCUT2D eigenvalue weighted by atomic mass is 10.2. The molecule has 0 atom stereocenters. The Morgan fingerprint density at radius 2 is 2.27 bits per heavy atom. The lowest BCUT2D eigenvalue weighted by Gasteiger charge is -2.06. The molecule has 1 rings (SSSR count). The summed E-state index contributed by atoms with van der Waals surface area (Å²) in [6, 6.07) is 6.11. The highest BCUT2D eigenvalue weighted by Gasteiger charge is 2.04. The molecule has 1 N–H and O–H groups in total. The number of amides is 1. The third-order valence-corrected chi connectivity index (χ3v) is 1.61. The van der Waals surface area contributed by atoms with E-state index in [-0.39, 0.29) is 12.3 Å².